The summed E-state index contributed by atoms with van der Waals surface area (Å²) in [5.41, 5.74) is 4.64. The van der Waals surface area contributed by atoms with Gasteiger partial charge in [-0.25, -0.2) is 0 Å². The van der Waals surface area contributed by atoms with E-state index in [2.05, 4.69) is 37.5 Å². The molecule has 2 aliphatic carbocycles. The van der Waals surface area contributed by atoms with E-state index in [9.17, 15) is 0 Å². The van der Waals surface area contributed by atoms with E-state index in [4.69, 9.17) is 0 Å². The third kappa shape index (κ3) is 1.64. The average molecular weight is 181 g/mol. The Morgan fingerprint density at radius 1 is 1.21 bits per heavy atom. The van der Waals surface area contributed by atoms with Gasteiger partial charge in [-0.05, 0) is 24.1 Å². The smallest absolute Gasteiger partial charge is 0.0906 e. The van der Waals surface area contributed by atoms with E-state index in [1.54, 1.807) is 0 Å². The van der Waals surface area contributed by atoms with Crippen molar-refractivity contribution < 1.29 is 0 Å². The second-order valence-corrected chi connectivity index (χ2v) is 3.52. The second-order valence-electron chi connectivity index (χ2n) is 3.52. The second kappa shape index (κ2) is 3.59. The summed E-state index contributed by atoms with van der Waals surface area (Å²) in [4.78, 5) is 0. The molecule has 0 aromatic heterocycles. The summed E-state index contributed by atoms with van der Waals surface area (Å²) in [6, 6.07) is 0. The molecular formula is C14H13+. The van der Waals surface area contributed by atoms with Gasteiger partial charge in [0.05, 0.1) is 17.2 Å². The first-order valence-corrected chi connectivity index (χ1v) is 4.75. The van der Waals surface area contributed by atoms with Crippen molar-refractivity contribution in [2.24, 2.45) is 0 Å². The van der Waals surface area contributed by atoms with Gasteiger partial charge in [0.15, 0.2) is 0 Å². The van der Waals surface area contributed by atoms with E-state index in [1.165, 1.54) is 11.1 Å². The predicted octanol–water partition coefficient (Wildman–Crippen LogP) is 3.69. The summed E-state index contributed by atoms with van der Waals surface area (Å²) in [5, 5.41) is 0. The van der Waals surface area contributed by atoms with Crippen molar-refractivity contribution in [1.29, 1.82) is 0 Å². The van der Waals surface area contributed by atoms with Crippen molar-refractivity contribution in [3.05, 3.63) is 78.3 Å². The maximum absolute atomic E-state index is 4.02. The highest BCUT2D eigenvalue weighted by Crippen LogP contribution is 2.28. The minimum atomic E-state index is 0.961. The summed E-state index contributed by atoms with van der Waals surface area (Å²) in [7, 11) is 0. The van der Waals surface area contributed by atoms with Crippen LogP contribution < -0.4 is 0 Å². The highest BCUT2D eigenvalue weighted by molar-refractivity contribution is 5.60. The van der Waals surface area contributed by atoms with Crippen LogP contribution in [0.5, 0.6) is 0 Å². The molecule has 0 N–H and O–H groups in total. The molecule has 0 saturated carbocycles. The zero-order valence-corrected chi connectivity index (χ0v) is 8.16. The molecule has 0 heteroatoms. The lowest BCUT2D eigenvalue weighted by Gasteiger charge is -2.09. The number of hydrogen-bond acceptors (Lipinski definition) is 0. The average Bonchev–Trinajstić information content (AvgIpc) is 2.18. The predicted molar refractivity (Wildman–Crippen MR) is 61.6 cm³/mol. The molecule has 0 atom stereocenters. The molecular weight excluding hydrogens is 168 g/mol. The minimum Gasteiger partial charge on any atom is -0.0955 e. The van der Waals surface area contributed by atoms with Crippen molar-refractivity contribution in [2.45, 2.75) is 6.42 Å². The molecule has 0 unspecified atom stereocenters. The maximum Gasteiger partial charge on any atom is 0.0906 e. The van der Waals surface area contributed by atoms with Crippen molar-refractivity contribution in [2.75, 3.05) is 0 Å². The molecule has 0 spiro atoms. The summed E-state index contributed by atoms with van der Waals surface area (Å²) < 4.78 is 0. The van der Waals surface area contributed by atoms with Crippen molar-refractivity contribution >= 4 is 0 Å². The van der Waals surface area contributed by atoms with Crippen LogP contribution >= 0.6 is 0 Å². The molecule has 0 nitrogen and oxygen atoms in total. The van der Waals surface area contributed by atoms with E-state index in [0.29, 0.717) is 0 Å². The summed E-state index contributed by atoms with van der Waals surface area (Å²) >= 11 is 0. The van der Waals surface area contributed by atoms with Crippen LogP contribution in [0.1, 0.15) is 6.42 Å². The maximum atomic E-state index is 4.02. The highest BCUT2D eigenvalue weighted by atomic mass is 14.1. The van der Waals surface area contributed by atoms with Crippen LogP contribution in [0.25, 0.3) is 0 Å². The lowest BCUT2D eigenvalue weighted by atomic mass is 9.90. The van der Waals surface area contributed by atoms with E-state index in [1.807, 2.05) is 18.6 Å². The van der Waals surface area contributed by atoms with Gasteiger partial charge in [-0.15, -0.1) is 0 Å². The zero-order chi connectivity index (χ0) is 9.97. The lowest BCUT2D eigenvalue weighted by Crippen LogP contribution is -1.96. The molecule has 0 heterocycles. The summed E-state index contributed by atoms with van der Waals surface area (Å²) in [6.45, 7) is 7.99. The molecule has 0 saturated heterocycles. The van der Waals surface area contributed by atoms with Gasteiger partial charge in [-0.1, -0.05) is 19.2 Å². The first kappa shape index (κ1) is 8.89. The number of allylic oxidation sites excluding steroid dienone is 10. The number of rotatable bonds is 1. The van der Waals surface area contributed by atoms with Gasteiger partial charge >= 0.3 is 0 Å². The molecule has 0 aromatic rings. The molecule has 68 valence electrons. The third-order valence-electron chi connectivity index (χ3n) is 2.37. The Morgan fingerprint density at radius 3 is 2.79 bits per heavy atom. The van der Waals surface area contributed by atoms with E-state index in [0.717, 1.165) is 17.6 Å². The van der Waals surface area contributed by atoms with Crippen LogP contribution in [0.2, 0.25) is 0 Å². The first-order valence-electron chi connectivity index (χ1n) is 4.75. The van der Waals surface area contributed by atoms with Crippen LogP contribution in [-0.2, 0) is 0 Å². The quantitative estimate of drug-likeness (QED) is 0.541. The molecule has 14 heavy (non-hydrogen) atoms. The van der Waals surface area contributed by atoms with Crippen LogP contribution in [-0.4, -0.2) is 0 Å². The van der Waals surface area contributed by atoms with E-state index in [-0.39, 0.29) is 0 Å². The lowest BCUT2D eigenvalue weighted by molar-refractivity contribution is 1.24. The van der Waals surface area contributed by atoms with Crippen LogP contribution in [0.15, 0.2) is 71.9 Å². The normalized spacial score (nSPS) is 20.3. The fourth-order valence-electron chi connectivity index (χ4n) is 1.63. The van der Waals surface area contributed by atoms with Crippen molar-refractivity contribution in [3.8, 4) is 0 Å². The molecule has 0 aliphatic heterocycles. The van der Waals surface area contributed by atoms with Gasteiger partial charge in [0, 0.05) is 24.1 Å². The van der Waals surface area contributed by atoms with Crippen LogP contribution in [0.3, 0.4) is 0 Å². The number of hydrogen-bond donors (Lipinski definition) is 0. The molecule has 0 bridgehead atoms. The van der Waals surface area contributed by atoms with Gasteiger partial charge < -0.3 is 0 Å². The summed E-state index contributed by atoms with van der Waals surface area (Å²) in [6.07, 6.45) is 15.5. The highest BCUT2D eigenvalue weighted by Gasteiger charge is 2.16. The Kier molecular flexibility index (Phi) is 2.28. The molecule has 2 rings (SSSR count). The molecule has 0 amide bonds. The fourth-order valence-corrected chi connectivity index (χ4v) is 1.63. The van der Waals surface area contributed by atoms with E-state index < -0.39 is 0 Å². The standard InChI is InChI=1S/C14H13/c1-11-6-5-8-13(10-11)14-9-4-3-7-12(14)2/h3-5,7-10H,1-2,6H2/q+1. The van der Waals surface area contributed by atoms with Gasteiger partial charge in [0.25, 0.3) is 0 Å². The molecule has 0 aromatic carbocycles. The topological polar surface area (TPSA) is 0 Å². The van der Waals surface area contributed by atoms with Crippen molar-refractivity contribution in [3.63, 3.8) is 0 Å². The van der Waals surface area contributed by atoms with Gasteiger partial charge in [0.1, 0.15) is 0 Å². The molecule has 0 fully saturated rings. The third-order valence-corrected chi connectivity index (χ3v) is 2.37. The Labute approximate surface area is 85.3 Å². The minimum absolute atomic E-state index is 0.961. The summed E-state index contributed by atoms with van der Waals surface area (Å²) in [5.74, 6) is 0. The first-order chi connectivity index (χ1) is 6.77. The van der Waals surface area contributed by atoms with Gasteiger partial charge in [0.2, 0.25) is 0 Å². The van der Waals surface area contributed by atoms with Gasteiger partial charge in [-0.2, -0.15) is 0 Å². The van der Waals surface area contributed by atoms with E-state index >= 15 is 0 Å². The Hall–Kier alpha value is -1.69. The largest absolute Gasteiger partial charge is 0.0955 e. The van der Waals surface area contributed by atoms with Crippen LogP contribution in [0.4, 0.5) is 0 Å². The molecule has 2 aliphatic rings. The van der Waals surface area contributed by atoms with Crippen molar-refractivity contribution in [1.82, 2.24) is 0 Å². The van der Waals surface area contributed by atoms with Crippen LogP contribution in [0, 0.1) is 6.42 Å². The fraction of sp³-hybridized carbons (Fsp3) is 0.0714. The Morgan fingerprint density at radius 2 is 2.07 bits per heavy atom. The molecule has 0 radical (unpaired) electrons. The SMILES string of the molecule is C=C1C=C(C2=C[CH+]C=CC2=C)C=CC1. The monoisotopic (exact) mass is 181 g/mol. The zero-order valence-electron chi connectivity index (χ0n) is 8.16. The Balaban J connectivity index is 2.31. The van der Waals surface area contributed by atoms with Gasteiger partial charge in [-0.3, -0.25) is 0 Å². The Bertz CT molecular complexity index is 398.